The molecular formula is C43H48N8O8S2. The molecule has 4 heterocycles. The molecule has 1 aliphatic carbocycles. The minimum atomic E-state index is -3.63. The normalized spacial score (nSPS) is 16.8. The van der Waals surface area contributed by atoms with Gasteiger partial charge in [-0.2, -0.15) is 0 Å². The lowest BCUT2D eigenvalue weighted by Gasteiger charge is -2.28. The fourth-order valence-electron chi connectivity index (χ4n) is 7.65. The van der Waals surface area contributed by atoms with Gasteiger partial charge in [0.1, 0.15) is 36.4 Å². The molecule has 0 unspecified atom stereocenters. The number of carbonyl (C=O) groups excluding carboxylic acids is 2. The Morgan fingerprint density at radius 1 is 0.689 bits per heavy atom. The first-order chi connectivity index (χ1) is 28.7. The molecular weight excluding hydrogens is 821 g/mol. The van der Waals surface area contributed by atoms with Crippen molar-refractivity contribution in [3.63, 3.8) is 0 Å². The number of hydrogen-bond acceptors (Lipinski definition) is 12. The van der Waals surface area contributed by atoms with Crippen LogP contribution in [0.15, 0.2) is 80.5 Å². The number of nitrogens with zero attached hydrogens (tertiary/aromatic N) is 4. The number of nitrogens with two attached hydrogens (primary N) is 2. The number of sulfonamides is 2. The number of nitrogens with one attached hydrogen (secondary N) is 2. The predicted octanol–water partition coefficient (Wildman–Crippen LogP) is 3.85. The van der Waals surface area contributed by atoms with Gasteiger partial charge in [0, 0.05) is 22.5 Å². The van der Waals surface area contributed by atoms with Crippen molar-refractivity contribution in [2.75, 3.05) is 13.2 Å². The maximum atomic E-state index is 13.5. The average molecular weight is 869 g/mol. The van der Waals surface area contributed by atoms with Gasteiger partial charge in [-0.15, -0.1) is 8.80 Å². The van der Waals surface area contributed by atoms with Gasteiger partial charge in [0.2, 0.25) is 0 Å². The van der Waals surface area contributed by atoms with Crippen LogP contribution in [0.3, 0.4) is 0 Å². The third kappa shape index (κ3) is 9.60. The molecule has 0 fully saturated rings. The number of amidine groups is 2. The highest BCUT2D eigenvalue weighted by Gasteiger charge is 2.34. The summed E-state index contributed by atoms with van der Waals surface area (Å²) in [4.78, 5) is 35.2. The molecule has 16 nitrogen and oxygen atoms in total. The highest BCUT2D eigenvalue weighted by molar-refractivity contribution is 7.89. The molecule has 4 aromatic rings. The molecule has 61 heavy (non-hydrogen) atoms. The number of benzene rings is 3. The molecule has 0 bridgehead atoms. The van der Waals surface area contributed by atoms with Crippen LogP contribution in [-0.2, 0) is 50.9 Å². The Bertz CT molecular complexity index is 2770. The van der Waals surface area contributed by atoms with Gasteiger partial charge in [0.05, 0.1) is 51.5 Å². The maximum Gasteiger partial charge on any atom is 0.259 e. The molecule has 0 radical (unpaired) electrons. The summed E-state index contributed by atoms with van der Waals surface area (Å²) in [5.41, 5.74) is 18.3. The molecule has 0 saturated heterocycles. The largest absolute Gasteiger partial charge is 0.490 e. The Labute approximate surface area is 355 Å². The number of hydrogen-bond donors (Lipinski definition) is 4. The van der Waals surface area contributed by atoms with E-state index in [4.69, 9.17) is 25.9 Å². The molecule has 0 atom stereocenters. The number of aromatic nitrogens is 1. The summed E-state index contributed by atoms with van der Waals surface area (Å²) in [6.45, 7) is 10.2. The summed E-state index contributed by atoms with van der Waals surface area (Å²) in [5.74, 6) is -0.103. The Balaban J connectivity index is 0.000000189. The van der Waals surface area contributed by atoms with Gasteiger partial charge >= 0.3 is 0 Å². The van der Waals surface area contributed by atoms with E-state index in [1.807, 2.05) is 40.7 Å². The first kappa shape index (κ1) is 43.0. The molecule has 8 rings (SSSR count). The monoisotopic (exact) mass is 868 g/mol. The molecule has 1 aromatic heterocycles. The van der Waals surface area contributed by atoms with E-state index in [-0.39, 0.29) is 48.2 Å². The smallest absolute Gasteiger partial charge is 0.259 e. The van der Waals surface area contributed by atoms with Crippen molar-refractivity contribution in [1.29, 1.82) is 0 Å². The van der Waals surface area contributed by atoms with Gasteiger partial charge < -0.3 is 31.6 Å². The van der Waals surface area contributed by atoms with Crippen LogP contribution < -0.4 is 31.6 Å². The Morgan fingerprint density at radius 2 is 1.21 bits per heavy atom. The van der Waals surface area contributed by atoms with Crippen molar-refractivity contribution < 1.29 is 35.9 Å². The second-order valence-corrected chi connectivity index (χ2v) is 19.9. The maximum absolute atomic E-state index is 13.5. The van der Waals surface area contributed by atoms with Crippen LogP contribution in [0.1, 0.15) is 107 Å². The van der Waals surface area contributed by atoms with Crippen molar-refractivity contribution >= 4 is 49.2 Å². The van der Waals surface area contributed by atoms with Gasteiger partial charge in [0.15, 0.2) is 0 Å². The first-order valence-electron chi connectivity index (χ1n) is 19.6. The molecule has 3 aromatic carbocycles. The highest BCUT2D eigenvalue weighted by atomic mass is 32.2. The number of fused-ring (bicyclic) bond motifs is 4. The quantitative estimate of drug-likeness (QED) is 0.178. The van der Waals surface area contributed by atoms with Crippen molar-refractivity contribution in [1.82, 2.24) is 15.6 Å². The second-order valence-electron chi connectivity index (χ2n) is 16.6. The summed E-state index contributed by atoms with van der Waals surface area (Å²) in [5, 5.41) is 6.05. The van der Waals surface area contributed by atoms with Crippen LogP contribution in [0.2, 0.25) is 0 Å². The fraction of sp³-hybridized carbons (Fsp3) is 0.349. The van der Waals surface area contributed by atoms with Crippen LogP contribution in [0.5, 0.6) is 11.5 Å². The molecule has 320 valence electrons. The van der Waals surface area contributed by atoms with Crippen molar-refractivity contribution in [2.45, 2.75) is 83.0 Å². The van der Waals surface area contributed by atoms with Crippen LogP contribution in [-0.4, -0.2) is 75.3 Å². The average Bonchev–Trinajstić information content (AvgIpc) is 3.80. The van der Waals surface area contributed by atoms with Crippen LogP contribution in [0, 0.1) is 0 Å². The summed E-state index contributed by atoms with van der Waals surface area (Å²) < 4.78 is 66.5. The van der Waals surface area contributed by atoms with Gasteiger partial charge in [-0.3, -0.25) is 19.6 Å². The fourth-order valence-corrected chi connectivity index (χ4v) is 9.83. The first-order valence-corrected chi connectivity index (χ1v) is 22.9. The topological polar surface area (TPSA) is 247 Å². The lowest BCUT2D eigenvalue weighted by atomic mass is 9.95. The zero-order chi connectivity index (χ0) is 43.9. The number of aliphatic imine (C=N–C) groups is 1. The van der Waals surface area contributed by atoms with Gasteiger partial charge in [-0.05, 0) is 94.8 Å². The van der Waals surface area contributed by atoms with Gasteiger partial charge in [-0.1, -0.05) is 42.5 Å². The lowest BCUT2D eigenvalue weighted by molar-refractivity contribution is 0.0871. The third-order valence-corrected chi connectivity index (χ3v) is 12.7. The van der Waals surface area contributed by atoms with Gasteiger partial charge in [-0.25, -0.2) is 16.8 Å². The Hall–Kier alpha value is -6.14. The Kier molecular flexibility index (Phi) is 11.5. The zero-order valence-corrected chi connectivity index (χ0v) is 36.2. The van der Waals surface area contributed by atoms with E-state index < -0.39 is 31.1 Å². The van der Waals surface area contributed by atoms with E-state index in [0.717, 1.165) is 47.5 Å². The molecule has 0 saturated carbocycles. The van der Waals surface area contributed by atoms with E-state index in [1.165, 1.54) is 0 Å². The SMILES string of the molecule is CC(C)(COc1cccc2c1C(N)=NS(=O)(=O)C2)NC(=O)c1ccccc1.CC1=NCc2nc3c(c(C(=O)NC(C)(C)COc4cccc5c4C(N)=NS(=O)(=O)C5)c21)CCC3. The second kappa shape index (κ2) is 16.4. The number of pyridine rings is 1. The van der Waals surface area contributed by atoms with Crippen LogP contribution in [0.4, 0.5) is 0 Å². The molecule has 18 heteroatoms. The predicted molar refractivity (Wildman–Crippen MR) is 232 cm³/mol. The minimum Gasteiger partial charge on any atom is -0.490 e. The van der Waals surface area contributed by atoms with E-state index >= 15 is 0 Å². The third-order valence-electron chi connectivity index (χ3n) is 10.4. The highest BCUT2D eigenvalue weighted by Crippen LogP contribution is 2.33. The van der Waals surface area contributed by atoms with Gasteiger partial charge in [0.25, 0.3) is 31.9 Å². The zero-order valence-electron chi connectivity index (χ0n) is 34.5. The minimum absolute atomic E-state index is 0.0852. The lowest BCUT2D eigenvalue weighted by Crippen LogP contribution is -2.48. The molecule has 3 aliphatic heterocycles. The number of carbonyl (C=O) groups is 2. The molecule has 2 amide bonds. The van der Waals surface area contributed by atoms with E-state index in [0.29, 0.717) is 51.4 Å². The summed E-state index contributed by atoms with van der Waals surface area (Å²) >= 11 is 0. The van der Waals surface area contributed by atoms with Crippen molar-refractivity contribution in [2.24, 2.45) is 25.3 Å². The number of ether oxygens (including phenoxy) is 2. The van der Waals surface area contributed by atoms with Crippen LogP contribution in [0.25, 0.3) is 0 Å². The molecule has 6 N–H and O–H groups in total. The number of amides is 2. The standard InChI is InChI=1S/C24H27N5O4S.C19H21N3O4S/c1-13-19-17(10-26-13)27-16-8-5-7-15(16)21(19)23(30)28-24(2,3)12-33-18-9-4-6-14-11-34(31,32)29-22(25)20(14)18;1-19(2,21-18(23)13-7-4-3-5-8-13)12-26-15-10-6-9-14-11-27(24,25)22-17(20)16(14)15/h4,6,9H,5,7-8,10-12H2,1-3H3,(H2,25,29)(H,28,30);3-10H,11-12H2,1-2H3,(H2,20,22)(H,21,23). The van der Waals surface area contributed by atoms with Crippen LogP contribution >= 0.6 is 0 Å². The number of aryl methyl sites for hydroxylation is 1. The van der Waals surface area contributed by atoms with E-state index in [1.54, 1.807) is 60.7 Å². The molecule has 4 aliphatic rings. The van der Waals surface area contributed by atoms with E-state index in [2.05, 4.69) is 24.4 Å². The Morgan fingerprint density at radius 3 is 1.75 bits per heavy atom. The number of rotatable bonds is 10. The summed E-state index contributed by atoms with van der Waals surface area (Å²) in [6, 6.07) is 19.1. The molecule has 0 spiro atoms. The summed E-state index contributed by atoms with van der Waals surface area (Å²) in [6.07, 6.45) is 2.71. The van der Waals surface area contributed by atoms with Crippen molar-refractivity contribution in [3.05, 3.63) is 123 Å². The summed E-state index contributed by atoms with van der Waals surface area (Å²) in [7, 11) is -7.23. The van der Waals surface area contributed by atoms with E-state index in [9.17, 15) is 26.4 Å². The van der Waals surface area contributed by atoms with Crippen molar-refractivity contribution in [3.8, 4) is 11.5 Å².